The van der Waals surface area contributed by atoms with Gasteiger partial charge in [-0.2, -0.15) is 5.10 Å². The fraction of sp³-hybridized carbons (Fsp3) is 0.400. The Kier molecular flexibility index (Phi) is 4.68. The van der Waals surface area contributed by atoms with Gasteiger partial charge in [0, 0.05) is 41.5 Å². The second-order valence-electron chi connectivity index (χ2n) is 4.83. The van der Waals surface area contributed by atoms with Gasteiger partial charge in [0.05, 0.1) is 13.3 Å². The normalized spacial score (nSPS) is 12.4. The lowest BCUT2D eigenvalue weighted by Crippen LogP contribution is -2.19. The van der Waals surface area contributed by atoms with Crippen molar-refractivity contribution in [1.82, 2.24) is 15.1 Å². The molecule has 0 amide bonds. The molecule has 0 aliphatic carbocycles. The van der Waals surface area contributed by atoms with Gasteiger partial charge in [0.1, 0.15) is 5.75 Å². The predicted molar refractivity (Wildman–Crippen MR) is 81.2 cm³/mol. The number of halogens is 1. The number of ether oxygens (including phenoxy) is 1. The van der Waals surface area contributed by atoms with E-state index in [2.05, 4.69) is 24.3 Å². The lowest BCUT2D eigenvalue weighted by Gasteiger charge is -2.16. The Morgan fingerprint density at radius 1 is 1.45 bits per heavy atom. The van der Waals surface area contributed by atoms with Gasteiger partial charge in [-0.15, -0.1) is 0 Å². The molecule has 1 N–H and O–H groups in total. The van der Waals surface area contributed by atoms with Crippen molar-refractivity contribution in [3.63, 3.8) is 0 Å². The highest BCUT2D eigenvalue weighted by Crippen LogP contribution is 2.27. The number of nitrogens with zero attached hydrogens (tertiary/aromatic N) is 2. The van der Waals surface area contributed by atoms with Crippen LogP contribution in [0.25, 0.3) is 0 Å². The Morgan fingerprint density at radius 2 is 2.20 bits per heavy atom. The van der Waals surface area contributed by atoms with Gasteiger partial charge in [-0.3, -0.25) is 4.68 Å². The Labute approximate surface area is 124 Å². The zero-order chi connectivity index (χ0) is 14.7. The average molecular weight is 294 g/mol. The van der Waals surface area contributed by atoms with Crippen molar-refractivity contribution >= 4 is 11.6 Å². The van der Waals surface area contributed by atoms with Crippen molar-refractivity contribution in [2.24, 2.45) is 7.05 Å². The van der Waals surface area contributed by atoms with Gasteiger partial charge in [0.2, 0.25) is 0 Å². The standard InChI is InChI=1S/C15H20ClN3O/c1-10(12-9-18-19(3)11(12)2)17-8-13-14(16)6-5-7-15(13)20-4/h5-7,9-10,17H,8H2,1-4H3. The van der Waals surface area contributed by atoms with Crippen LogP contribution in [0.3, 0.4) is 0 Å². The van der Waals surface area contributed by atoms with E-state index in [1.165, 1.54) is 5.56 Å². The van der Waals surface area contributed by atoms with E-state index in [0.717, 1.165) is 17.0 Å². The van der Waals surface area contributed by atoms with Gasteiger partial charge in [0.15, 0.2) is 0 Å². The van der Waals surface area contributed by atoms with Crippen LogP contribution in [0.2, 0.25) is 5.02 Å². The van der Waals surface area contributed by atoms with Crippen LogP contribution in [-0.4, -0.2) is 16.9 Å². The van der Waals surface area contributed by atoms with Gasteiger partial charge in [-0.25, -0.2) is 0 Å². The largest absolute Gasteiger partial charge is 0.496 e. The van der Waals surface area contributed by atoms with Gasteiger partial charge in [0.25, 0.3) is 0 Å². The number of hydrogen-bond donors (Lipinski definition) is 1. The molecule has 1 atom stereocenters. The summed E-state index contributed by atoms with van der Waals surface area (Å²) in [6.07, 6.45) is 1.90. The van der Waals surface area contributed by atoms with Gasteiger partial charge >= 0.3 is 0 Å². The number of nitrogens with one attached hydrogen (secondary N) is 1. The summed E-state index contributed by atoms with van der Waals surface area (Å²) in [4.78, 5) is 0. The van der Waals surface area contributed by atoms with Crippen LogP contribution in [0, 0.1) is 6.92 Å². The SMILES string of the molecule is COc1cccc(Cl)c1CNC(C)c1cnn(C)c1C. The zero-order valence-electron chi connectivity index (χ0n) is 12.3. The van der Waals surface area contributed by atoms with Crippen LogP contribution in [0.4, 0.5) is 0 Å². The van der Waals surface area contributed by atoms with Crippen molar-refractivity contribution in [2.45, 2.75) is 26.4 Å². The van der Waals surface area contributed by atoms with Crippen molar-refractivity contribution in [3.05, 3.63) is 46.2 Å². The molecule has 4 nitrogen and oxygen atoms in total. The molecule has 1 aromatic carbocycles. The van der Waals surface area contributed by atoms with Crippen molar-refractivity contribution in [3.8, 4) is 5.75 Å². The maximum atomic E-state index is 6.24. The first-order valence-electron chi connectivity index (χ1n) is 6.57. The molecule has 0 fully saturated rings. The second kappa shape index (κ2) is 6.29. The molecule has 0 saturated heterocycles. The number of hydrogen-bond acceptors (Lipinski definition) is 3. The summed E-state index contributed by atoms with van der Waals surface area (Å²) in [6, 6.07) is 5.88. The summed E-state index contributed by atoms with van der Waals surface area (Å²) >= 11 is 6.24. The van der Waals surface area contributed by atoms with Crippen LogP contribution >= 0.6 is 11.6 Å². The second-order valence-corrected chi connectivity index (χ2v) is 5.24. The molecule has 2 aromatic rings. The Balaban J connectivity index is 2.11. The quantitative estimate of drug-likeness (QED) is 0.920. The molecule has 1 heterocycles. The average Bonchev–Trinajstić information content (AvgIpc) is 2.77. The number of aromatic nitrogens is 2. The van der Waals surface area contributed by atoms with Crippen molar-refractivity contribution < 1.29 is 4.74 Å². The van der Waals surface area contributed by atoms with Crippen molar-refractivity contribution in [1.29, 1.82) is 0 Å². The van der Waals surface area contributed by atoms with Gasteiger partial charge in [-0.1, -0.05) is 17.7 Å². The van der Waals surface area contributed by atoms with E-state index in [1.807, 2.05) is 36.1 Å². The highest BCUT2D eigenvalue weighted by Gasteiger charge is 2.13. The monoisotopic (exact) mass is 293 g/mol. The molecule has 0 aliphatic rings. The molecule has 5 heteroatoms. The molecular formula is C15H20ClN3O. The minimum Gasteiger partial charge on any atom is -0.496 e. The van der Waals surface area contributed by atoms with Crippen LogP contribution in [0.15, 0.2) is 24.4 Å². The zero-order valence-corrected chi connectivity index (χ0v) is 13.0. The summed E-state index contributed by atoms with van der Waals surface area (Å²) in [5.41, 5.74) is 3.33. The molecular weight excluding hydrogens is 274 g/mol. The summed E-state index contributed by atoms with van der Waals surface area (Å²) in [7, 11) is 3.60. The first-order valence-corrected chi connectivity index (χ1v) is 6.95. The lowest BCUT2D eigenvalue weighted by atomic mass is 10.1. The van der Waals surface area contributed by atoms with E-state index in [9.17, 15) is 0 Å². The third kappa shape index (κ3) is 2.97. The highest BCUT2D eigenvalue weighted by molar-refractivity contribution is 6.31. The smallest absolute Gasteiger partial charge is 0.124 e. The third-order valence-corrected chi connectivity index (χ3v) is 3.97. The van der Waals surface area contributed by atoms with Gasteiger partial charge in [-0.05, 0) is 26.0 Å². The lowest BCUT2D eigenvalue weighted by molar-refractivity contribution is 0.406. The fourth-order valence-electron chi connectivity index (χ4n) is 2.21. The Bertz CT molecular complexity index is 595. The molecule has 0 saturated carbocycles. The van der Waals surface area contributed by atoms with Crippen molar-refractivity contribution in [2.75, 3.05) is 7.11 Å². The number of methoxy groups -OCH3 is 1. The highest BCUT2D eigenvalue weighted by atomic mass is 35.5. The Morgan fingerprint density at radius 3 is 2.80 bits per heavy atom. The molecule has 2 rings (SSSR count). The molecule has 0 spiro atoms. The molecule has 108 valence electrons. The first-order chi connectivity index (χ1) is 9.54. The summed E-state index contributed by atoms with van der Waals surface area (Å²) in [5.74, 6) is 0.806. The Hall–Kier alpha value is -1.52. The van der Waals surface area contributed by atoms with E-state index >= 15 is 0 Å². The minimum absolute atomic E-state index is 0.199. The van der Waals surface area contributed by atoms with Crippen LogP contribution < -0.4 is 10.1 Å². The molecule has 0 aliphatic heterocycles. The molecule has 20 heavy (non-hydrogen) atoms. The predicted octanol–water partition coefficient (Wildman–Crippen LogP) is 3.24. The van der Waals surface area contributed by atoms with Gasteiger partial charge < -0.3 is 10.1 Å². The maximum Gasteiger partial charge on any atom is 0.124 e. The maximum absolute atomic E-state index is 6.24. The van der Waals surface area contributed by atoms with Crippen LogP contribution in [0.5, 0.6) is 5.75 Å². The minimum atomic E-state index is 0.199. The number of benzene rings is 1. The van der Waals surface area contributed by atoms with E-state index in [1.54, 1.807) is 7.11 Å². The van der Waals surface area contributed by atoms with E-state index < -0.39 is 0 Å². The first kappa shape index (κ1) is 14.9. The van der Waals surface area contributed by atoms with Crippen LogP contribution in [-0.2, 0) is 13.6 Å². The van der Waals surface area contributed by atoms with E-state index in [0.29, 0.717) is 11.6 Å². The summed E-state index contributed by atoms with van der Waals surface area (Å²) < 4.78 is 7.23. The molecule has 0 bridgehead atoms. The molecule has 1 aromatic heterocycles. The number of rotatable bonds is 5. The molecule has 0 radical (unpaired) electrons. The number of aryl methyl sites for hydroxylation is 1. The topological polar surface area (TPSA) is 39.1 Å². The third-order valence-electron chi connectivity index (χ3n) is 3.62. The fourth-order valence-corrected chi connectivity index (χ4v) is 2.44. The molecule has 1 unspecified atom stereocenters. The van der Waals surface area contributed by atoms with Crippen LogP contribution in [0.1, 0.15) is 29.8 Å². The van der Waals surface area contributed by atoms with E-state index in [4.69, 9.17) is 16.3 Å². The summed E-state index contributed by atoms with van der Waals surface area (Å²) in [6.45, 7) is 4.84. The summed E-state index contributed by atoms with van der Waals surface area (Å²) in [5, 5.41) is 8.45. The van der Waals surface area contributed by atoms with E-state index in [-0.39, 0.29) is 6.04 Å².